The molecule has 1 aromatic carbocycles. The number of rotatable bonds is 3. The molecule has 0 atom stereocenters. The summed E-state index contributed by atoms with van der Waals surface area (Å²) in [5.41, 5.74) is 8.12. The Hall–Kier alpha value is -1.10. The first-order valence-electron chi connectivity index (χ1n) is 7.14. The minimum atomic E-state index is -0.0697. The third kappa shape index (κ3) is 2.12. The van der Waals surface area contributed by atoms with Crippen molar-refractivity contribution in [3.05, 3.63) is 29.0 Å². The highest BCUT2D eigenvalue weighted by Crippen LogP contribution is 2.35. The first kappa shape index (κ1) is 13.9. The molecule has 0 unspecified atom stereocenters. The summed E-state index contributed by atoms with van der Waals surface area (Å²) in [5, 5.41) is 0.743. The third-order valence-corrected chi connectivity index (χ3v) is 4.58. The maximum Gasteiger partial charge on any atom is 0.117 e. The summed E-state index contributed by atoms with van der Waals surface area (Å²) in [6, 6.07) is 5.86. The van der Waals surface area contributed by atoms with Crippen LogP contribution in [0.15, 0.2) is 18.2 Å². The normalized spacial score (nSPS) is 18.6. The number of nitrogens with zero attached hydrogens (tertiary/aromatic N) is 2. The second kappa shape index (κ2) is 5.35. The molecule has 4 nitrogen and oxygen atoms in total. The number of hydrogen-bond donors (Lipinski definition) is 1. The maximum absolute atomic E-state index is 6.13. The molecule has 0 amide bonds. The van der Waals surface area contributed by atoms with Gasteiger partial charge in [0.25, 0.3) is 0 Å². The van der Waals surface area contributed by atoms with Crippen molar-refractivity contribution in [1.82, 2.24) is 9.55 Å². The molecule has 1 aromatic heterocycles. The molecular formula is C15H20ClN3O. The topological polar surface area (TPSA) is 53.1 Å². The molecule has 20 heavy (non-hydrogen) atoms. The van der Waals surface area contributed by atoms with Gasteiger partial charge in [-0.25, -0.2) is 4.98 Å². The van der Waals surface area contributed by atoms with Crippen LogP contribution in [0.25, 0.3) is 11.0 Å². The number of aryl methyl sites for hydroxylation is 1. The van der Waals surface area contributed by atoms with Gasteiger partial charge in [-0.15, -0.1) is 0 Å². The fraction of sp³-hybridized carbons (Fsp3) is 0.533. The lowest BCUT2D eigenvalue weighted by atomic mass is 9.79. The molecular weight excluding hydrogens is 274 g/mol. The van der Waals surface area contributed by atoms with E-state index in [0.717, 1.165) is 54.5 Å². The van der Waals surface area contributed by atoms with Gasteiger partial charge in [-0.1, -0.05) is 11.6 Å². The van der Waals surface area contributed by atoms with Crippen LogP contribution in [0, 0.1) is 0 Å². The molecule has 0 spiro atoms. The Morgan fingerprint density at radius 1 is 1.40 bits per heavy atom. The quantitative estimate of drug-likeness (QED) is 0.947. The number of nitrogens with two attached hydrogens (primary N) is 1. The Morgan fingerprint density at radius 3 is 2.80 bits per heavy atom. The van der Waals surface area contributed by atoms with Crippen molar-refractivity contribution < 1.29 is 4.74 Å². The highest BCUT2D eigenvalue weighted by Gasteiger charge is 2.37. The van der Waals surface area contributed by atoms with Gasteiger partial charge in [-0.05, 0) is 38.0 Å². The van der Waals surface area contributed by atoms with Crippen molar-refractivity contribution in [3.8, 4) is 0 Å². The highest BCUT2D eigenvalue weighted by atomic mass is 35.5. The van der Waals surface area contributed by atoms with E-state index in [1.165, 1.54) is 0 Å². The van der Waals surface area contributed by atoms with Crippen LogP contribution in [0.4, 0.5) is 0 Å². The van der Waals surface area contributed by atoms with E-state index < -0.39 is 0 Å². The van der Waals surface area contributed by atoms with Crippen molar-refractivity contribution in [3.63, 3.8) is 0 Å². The summed E-state index contributed by atoms with van der Waals surface area (Å²) in [7, 11) is 0. The van der Waals surface area contributed by atoms with E-state index >= 15 is 0 Å². The Kier molecular flexibility index (Phi) is 3.71. The van der Waals surface area contributed by atoms with Crippen LogP contribution in [0.5, 0.6) is 0 Å². The van der Waals surface area contributed by atoms with Crippen LogP contribution in [-0.2, 0) is 16.7 Å². The summed E-state index contributed by atoms with van der Waals surface area (Å²) < 4.78 is 7.75. The molecule has 1 fully saturated rings. The minimum Gasteiger partial charge on any atom is -0.381 e. The Bertz CT molecular complexity index is 617. The number of halogens is 1. The lowest BCUT2D eigenvalue weighted by molar-refractivity contribution is 0.0489. The number of fused-ring (bicyclic) bond motifs is 1. The lowest BCUT2D eigenvalue weighted by Crippen LogP contribution is -2.42. The fourth-order valence-corrected chi connectivity index (χ4v) is 3.27. The number of imidazole rings is 1. The average molecular weight is 294 g/mol. The smallest absolute Gasteiger partial charge is 0.117 e. The molecule has 1 aliphatic rings. The van der Waals surface area contributed by atoms with Gasteiger partial charge in [0.2, 0.25) is 0 Å². The predicted octanol–water partition coefficient (Wildman–Crippen LogP) is 2.72. The van der Waals surface area contributed by atoms with Gasteiger partial charge in [-0.2, -0.15) is 0 Å². The zero-order valence-corrected chi connectivity index (χ0v) is 12.5. The van der Waals surface area contributed by atoms with E-state index in [4.69, 9.17) is 27.1 Å². The van der Waals surface area contributed by atoms with Crippen LogP contribution < -0.4 is 5.73 Å². The SMILES string of the molecule is CCn1c(C2(CN)CCOCC2)nc2ccc(Cl)cc21. The Morgan fingerprint density at radius 2 is 2.15 bits per heavy atom. The highest BCUT2D eigenvalue weighted by molar-refractivity contribution is 6.31. The van der Waals surface area contributed by atoms with Crippen LogP contribution in [0.2, 0.25) is 5.02 Å². The van der Waals surface area contributed by atoms with E-state index in [2.05, 4.69) is 11.5 Å². The van der Waals surface area contributed by atoms with Crippen LogP contribution in [0.1, 0.15) is 25.6 Å². The summed E-state index contributed by atoms with van der Waals surface area (Å²) in [6.07, 6.45) is 1.86. The zero-order valence-electron chi connectivity index (χ0n) is 11.7. The van der Waals surface area contributed by atoms with Gasteiger partial charge < -0.3 is 15.0 Å². The van der Waals surface area contributed by atoms with E-state index in [0.29, 0.717) is 6.54 Å². The summed E-state index contributed by atoms with van der Waals surface area (Å²) >= 11 is 6.13. The first-order chi connectivity index (χ1) is 9.70. The second-order valence-corrected chi connectivity index (χ2v) is 5.85. The van der Waals surface area contributed by atoms with E-state index in [9.17, 15) is 0 Å². The van der Waals surface area contributed by atoms with Crippen molar-refractivity contribution in [2.45, 2.75) is 31.7 Å². The van der Waals surface area contributed by atoms with Crippen molar-refractivity contribution >= 4 is 22.6 Å². The van der Waals surface area contributed by atoms with Crippen LogP contribution in [0.3, 0.4) is 0 Å². The monoisotopic (exact) mass is 293 g/mol. The standard InChI is InChI=1S/C15H20ClN3O/c1-2-19-13-9-11(16)3-4-12(13)18-14(19)15(10-17)5-7-20-8-6-15/h3-4,9H,2,5-8,10,17H2,1H3. The van der Waals surface area contributed by atoms with Gasteiger partial charge in [-0.3, -0.25) is 0 Å². The van der Waals surface area contributed by atoms with Gasteiger partial charge in [0.1, 0.15) is 5.82 Å². The molecule has 0 aliphatic carbocycles. The number of hydrogen-bond acceptors (Lipinski definition) is 3. The van der Waals surface area contributed by atoms with Crippen molar-refractivity contribution in [1.29, 1.82) is 0 Å². The third-order valence-electron chi connectivity index (χ3n) is 4.34. The Labute approximate surface area is 123 Å². The average Bonchev–Trinajstić information content (AvgIpc) is 2.86. The van der Waals surface area contributed by atoms with Crippen molar-refractivity contribution in [2.75, 3.05) is 19.8 Å². The zero-order chi connectivity index (χ0) is 14.2. The van der Waals surface area contributed by atoms with E-state index in [1.54, 1.807) is 0 Å². The number of benzene rings is 1. The molecule has 5 heteroatoms. The maximum atomic E-state index is 6.13. The molecule has 0 bridgehead atoms. The van der Waals surface area contributed by atoms with Crippen LogP contribution in [-0.4, -0.2) is 29.3 Å². The predicted molar refractivity (Wildman–Crippen MR) is 81.2 cm³/mol. The molecule has 108 valence electrons. The minimum absolute atomic E-state index is 0.0697. The summed E-state index contributed by atoms with van der Waals surface area (Å²) in [6.45, 7) is 5.12. The number of aromatic nitrogens is 2. The van der Waals surface area contributed by atoms with Gasteiger partial charge in [0, 0.05) is 36.7 Å². The molecule has 2 heterocycles. The second-order valence-electron chi connectivity index (χ2n) is 5.41. The first-order valence-corrected chi connectivity index (χ1v) is 7.52. The van der Waals surface area contributed by atoms with E-state index in [1.807, 2.05) is 18.2 Å². The number of ether oxygens (including phenoxy) is 1. The van der Waals surface area contributed by atoms with Gasteiger partial charge in [0.05, 0.1) is 11.0 Å². The van der Waals surface area contributed by atoms with Gasteiger partial charge in [0.15, 0.2) is 0 Å². The fourth-order valence-electron chi connectivity index (χ4n) is 3.10. The van der Waals surface area contributed by atoms with Gasteiger partial charge >= 0.3 is 0 Å². The summed E-state index contributed by atoms with van der Waals surface area (Å²) in [5.74, 6) is 1.09. The molecule has 2 N–H and O–H groups in total. The summed E-state index contributed by atoms with van der Waals surface area (Å²) in [4.78, 5) is 4.86. The molecule has 1 saturated heterocycles. The molecule has 0 saturated carbocycles. The van der Waals surface area contributed by atoms with E-state index in [-0.39, 0.29) is 5.41 Å². The molecule has 3 rings (SSSR count). The molecule has 0 radical (unpaired) electrons. The van der Waals surface area contributed by atoms with Crippen LogP contribution >= 0.6 is 11.6 Å². The van der Waals surface area contributed by atoms with Crippen molar-refractivity contribution in [2.24, 2.45) is 5.73 Å². The molecule has 1 aliphatic heterocycles. The lowest BCUT2D eigenvalue weighted by Gasteiger charge is -2.35. The molecule has 2 aromatic rings. The Balaban J connectivity index is 2.19. The largest absolute Gasteiger partial charge is 0.381 e.